The van der Waals surface area contributed by atoms with Gasteiger partial charge in [-0.1, -0.05) is 12.1 Å². The minimum Gasteiger partial charge on any atom is -0.507 e. The van der Waals surface area contributed by atoms with E-state index in [9.17, 15) is 9.90 Å². The smallest absolute Gasteiger partial charge is 0.330 e. The second-order valence-corrected chi connectivity index (χ2v) is 3.50. The third-order valence-corrected chi connectivity index (χ3v) is 2.16. The molecule has 1 rings (SSSR count). The highest BCUT2D eigenvalue weighted by Crippen LogP contribution is 2.20. The first-order chi connectivity index (χ1) is 8.67. The lowest BCUT2D eigenvalue weighted by atomic mass is 10.1. The van der Waals surface area contributed by atoms with E-state index in [0.29, 0.717) is 12.2 Å². The van der Waals surface area contributed by atoms with Crippen LogP contribution >= 0.6 is 0 Å². The molecule has 0 radical (unpaired) electrons. The van der Waals surface area contributed by atoms with Gasteiger partial charge >= 0.3 is 5.97 Å². The van der Waals surface area contributed by atoms with Crippen molar-refractivity contribution in [2.24, 2.45) is 0 Å². The van der Waals surface area contributed by atoms with Crippen LogP contribution in [0.5, 0.6) is 5.75 Å². The maximum atomic E-state index is 10.9. The van der Waals surface area contributed by atoms with E-state index in [0.717, 1.165) is 5.56 Å². The number of esters is 1. The fourth-order valence-electron chi connectivity index (χ4n) is 1.29. The first-order valence-electron chi connectivity index (χ1n) is 5.32. The van der Waals surface area contributed by atoms with E-state index in [4.69, 9.17) is 9.47 Å². The van der Waals surface area contributed by atoms with Gasteiger partial charge in [0.25, 0.3) is 0 Å². The first kappa shape index (κ1) is 14.2. The molecule has 98 valence electrons. The molecule has 0 aliphatic carbocycles. The predicted octanol–water partition coefficient (Wildman–Crippen LogP) is 1.70. The summed E-state index contributed by atoms with van der Waals surface area (Å²) in [5, 5.41) is 9.74. The zero-order valence-electron chi connectivity index (χ0n) is 10.4. The number of carbonyl (C=O) groups excluding carboxylic acids is 1. The van der Waals surface area contributed by atoms with Crippen molar-refractivity contribution in [3.8, 4) is 5.75 Å². The first-order valence-corrected chi connectivity index (χ1v) is 5.32. The number of ether oxygens (including phenoxy) is 3. The van der Waals surface area contributed by atoms with Crippen LogP contribution in [0.1, 0.15) is 11.1 Å². The van der Waals surface area contributed by atoms with Crippen molar-refractivity contribution in [1.82, 2.24) is 0 Å². The monoisotopic (exact) mass is 252 g/mol. The molecule has 0 fully saturated rings. The summed E-state index contributed by atoms with van der Waals surface area (Å²) in [6.07, 6.45) is 2.73. The molecule has 5 nitrogen and oxygen atoms in total. The maximum Gasteiger partial charge on any atom is 0.330 e. The van der Waals surface area contributed by atoms with Gasteiger partial charge in [0.05, 0.1) is 13.7 Å². The van der Waals surface area contributed by atoms with E-state index in [1.807, 2.05) is 0 Å². The number of phenols is 1. The van der Waals surface area contributed by atoms with Crippen LogP contribution in [0.15, 0.2) is 24.3 Å². The molecule has 0 amide bonds. The highest BCUT2D eigenvalue weighted by molar-refractivity contribution is 5.87. The Kier molecular flexibility index (Phi) is 5.90. The maximum absolute atomic E-state index is 10.9. The van der Waals surface area contributed by atoms with Crippen LogP contribution in [0.25, 0.3) is 6.08 Å². The lowest BCUT2D eigenvalue weighted by Crippen LogP contribution is -1.97. The molecule has 0 bridgehead atoms. The SMILES string of the molecule is COCOCc1ccc(/C=C/C(=O)OC)c(O)c1. The molecule has 1 N–H and O–H groups in total. The van der Waals surface area contributed by atoms with E-state index in [1.165, 1.54) is 26.4 Å². The number of hydrogen-bond acceptors (Lipinski definition) is 5. The van der Waals surface area contributed by atoms with Gasteiger partial charge in [0.2, 0.25) is 0 Å². The number of carbonyl (C=O) groups is 1. The number of methoxy groups -OCH3 is 2. The Hall–Kier alpha value is -1.85. The fraction of sp³-hybridized carbons (Fsp3) is 0.308. The zero-order chi connectivity index (χ0) is 13.4. The molecule has 5 heteroatoms. The predicted molar refractivity (Wildman–Crippen MR) is 65.8 cm³/mol. The minimum atomic E-state index is -0.470. The molecule has 0 spiro atoms. The molecule has 0 unspecified atom stereocenters. The minimum absolute atomic E-state index is 0.0775. The Labute approximate surface area is 106 Å². The van der Waals surface area contributed by atoms with Crippen LogP contribution in [0.3, 0.4) is 0 Å². The largest absolute Gasteiger partial charge is 0.507 e. The van der Waals surface area contributed by atoms with E-state index < -0.39 is 5.97 Å². The van der Waals surface area contributed by atoms with Crippen molar-refractivity contribution in [1.29, 1.82) is 0 Å². The van der Waals surface area contributed by atoms with Crippen molar-refractivity contribution >= 4 is 12.0 Å². The second kappa shape index (κ2) is 7.47. The van der Waals surface area contributed by atoms with E-state index in [1.54, 1.807) is 18.2 Å². The van der Waals surface area contributed by atoms with Crippen molar-refractivity contribution in [2.45, 2.75) is 6.61 Å². The van der Waals surface area contributed by atoms with Crippen LogP contribution in [-0.4, -0.2) is 32.1 Å². The van der Waals surface area contributed by atoms with Gasteiger partial charge in [-0.25, -0.2) is 4.79 Å². The van der Waals surface area contributed by atoms with Crippen LogP contribution in [0, 0.1) is 0 Å². The van der Waals surface area contributed by atoms with Crippen LogP contribution in [0.2, 0.25) is 0 Å². The molecule has 18 heavy (non-hydrogen) atoms. The molecule has 0 saturated carbocycles. The van der Waals surface area contributed by atoms with Gasteiger partial charge in [-0.2, -0.15) is 0 Å². The Morgan fingerprint density at radius 3 is 2.78 bits per heavy atom. The molecule has 1 aromatic carbocycles. The molecule has 0 saturated heterocycles. The molecule has 0 aliphatic heterocycles. The number of rotatable bonds is 6. The Balaban J connectivity index is 2.67. The molecular weight excluding hydrogens is 236 g/mol. The van der Waals surface area contributed by atoms with Crippen molar-refractivity contribution in [3.05, 3.63) is 35.4 Å². The molecule has 0 aliphatic rings. The third kappa shape index (κ3) is 4.57. The van der Waals surface area contributed by atoms with Crippen molar-refractivity contribution < 1.29 is 24.1 Å². The standard InChI is InChI=1S/C13H16O5/c1-16-9-18-8-10-3-4-11(12(14)7-10)5-6-13(15)17-2/h3-7,14H,8-9H2,1-2H3/b6-5+. The Bertz CT molecular complexity index is 425. The summed E-state index contributed by atoms with van der Waals surface area (Å²) < 4.78 is 14.4. The lowest BCUT2D eigenvalue weighted by molar-refractivity contribution is -0.134. The normalized spacial score (nSPS) is 10.8. The third-order valence-electron chi connectivity index (χ3n) is 2.16. The van der Waals surface area contributed by atoms with Gasteiger partial charge < -0.3 is 19.3 Å². The number of hydrogen-bond donors (Lipinski definition) is 1. The second-order valence-electron chi connectivity index (χ2n) is 3.50. The molecule has 1 aromatic rings. The molecular formula is C13H16O5. The van der Waals surface area contributed by atoms with Gasteiger partial charge in [-0.05, 0) is 17.7 Å². The molecule has 0 aromatic heterocycles. The summed E-state index contributed by atoms with van der Waals surface area (Å²) in [6.45, 7) is 0.549. The zero-order valence-corrected chi connectivity index (χ0v) is 10.4. The number of phenolic OH excluding ortho intramolecular Hbond substituents is 1. The molecule has 0 atom stereocenters. The number of benzene rings is 1. The van der Waals surface area contributed by atoms with Gasteiger partial charge in [-0.3, -0.25) is 0 Å². The highest BCUT2D eigenvalue weighted by atomic mass is 16.7. The average Bonchev–Trinajstić information content (AvgIpc) is 2.37. The van der Waals surface area contributed by atoms with Gasteiger partial charge in [-0.15, -0.1) is 0 Å². The highest BCUT2D eigenvalue weighted by Gasteiger charge is 2.01. The average molecular weight is 252 g/mol. The van der Waals surface area contributed by atoms with Crippen LogP contribution < -0.4 is 0 Å². The number of aromatic hydroxyl groups is 1. The van der Waals surface area contributed by atoms with E-state index >= 15 is 0 Å². The van der Waals surface area contributed by atoms with Gasteiger partial charge in [0.1, 0.15) is 12.5 Å². The van der Waals surface area contributed by atoms with Crippen molar-refractivity contribution in [3.63, 3.8) is 0 Å². The van der Waals surface area contributed by atoms with Crippen LogP contribution in [-0.2, 0) is 25.6 Å². The summed E-state index contributed by atoms with van der Waals surface area (Å²) in [4.78, 5) is 10.9. The molecule has 0 heterocycles. The quantitative estimate of drug-likeness (QED) is 0.361. The van der Waals surface area contributed by atoms with E-state index in [2.05, 4.69) is 4.74 Å². The summed E-state index contributed by atoms with van der Waals surface area (Å²) in [5.41, 5.74) is 1.36. The summed E-state index contributed by atoms with van der Waals surface area (Å²) in [5.74, 6) is -0.393. The van der Waals surface area contributed by atoms with Crippen LogP contribution in [0.4, 0.5) is 0 Å². The van der Waals surface area contributed by atoms with E-state index in [-0.39, 0.29) is 12.5 Å². The topological polar surface area (TPSA) is 65.0 Å². The lowest BCUT2D eigenvalue weighted by Gasteiger charge is -2.05. The fourth-order valence-corrected chi connectivity index (χ4v) is 1.29. The summed E-state index contributed by atoms with van der Waals surface area (Å²) in [7, 11) is 2.83. The van der Waals surface area contributed by atoms with Gasteiger partial charge in [0.15, 0.2) is 0 Å². The summed E-state index contributed by atoms with van der Waals surface area (Å²) in [6, 6.07) is 5.07. The Morgan fingerprint density at radius 1 is 1.39 bits per heavy atom. The van der Waals surface area contributed by atoms with Gasteiger partial charge in [0, 0.05) is 18.7 Å². The Morgan fingerprint density at radius 2 is 2.17 bits per heavy atom. The van der Waals surface area contributed by atoms with Crippen molar-refractivity contribution in [2.75, 3.05) is 21.0 Å². The summed E-state index contributed by atoms with van der Waals surface area (Å²) >= 11 is 0.